The molecule has 0 spiro atoms. The Morgan fingerprint density at radius 1 is 1.58 bits per heavy atom. The average Bonchev–Trinajstić information content (AvgIpc) is 2.45. The van der Waals surface area contributed by atoms with E-state index in [1.807, 2.05) is 18.4 Å². The Bertz CT molecular complexity index is 258. The summed E-state index contributed by atoms with van der Waals surface area (Å²) in [5, 5.41) is 16.6. The van der Waals surface area contributed by atoms with Crippen molar-refractivity contribution in [1.82, 2.24) is 14.8 Å². The van der Waals surface area contributed by atoms with Crippen molar-refractivity contribution in [2.24, 2.45) is 5.73 Å². The lowest BCUT2D eigenvalue weighted by molar-refractivity contribution is 0.260. The van der Waals surface area contributed by atoms with Crippen LogP contribution in [0.15, 0.2) is 0 Å². The van der Waals surface area contributed by atoms with E-state index in [1.165, 1.54) is 0 Å². The van der Waals surface area contributed by atoms with Crippen LogP contribution in [0.2, 0.25) is 0 Å². The first-order chi connectivity index (χ1) is 5.70. The molecule has 0 aliphatic carbocycles. The van der Waals surface area contributed by atoms with E-state index >= 15 is 0 Å². The Labute approximate surface area is 71.2 Å². The Hall–Kier alpha value is -0.940. The van der Waals surface area contributed by atoms with Crippen LogP contribution in [0.3, 0.4) is 0 Å². The molecule has 0 radical (unpaired) electrons. The standard InChI is InChI=1S/C7H14N4O/c1-3-11-5(2)9-10-7(11)6(8)4-12/h6,12H,3-4,8H2,1-2H3/t6-/m1/s1. The van der Waals surface area contributed by atoms with Gasteiger partial charge in [-0.05, 0) is 13.8 Å². The highest BCUT2D eigenvalue weighted by Crippen LogP contribution is 2.08. The normalized spacial score (nSPS) is 13.3. The zero-order chi connectivity index (χ0) is 9.14. The van der Waals surface area contributed by atoms with Gasteiger partial charge >= 0.3 is 0 Å². The molecule has 5 heteroatoms. The summed E-state index contributed by atoms with van der Waals surface area (Å²) in [6, 6.07) is -0.425. The van der Waals surface area contributed by atoms with E-state index in [2.05, 4.69) is 10.2 Å². The second kappa shape index (κ2) is 3.64. The second-order valence-corrected chi connectivity index (χ2v) is 2.64. The molecule has 1 aromatic rings. The number of aliphatic hydroxyl groups is 1. The molecular formula is C7H14N4O. The van der Waals surface area contributed by atoms with Crippen LogP contribution in [-0.2, 0) is 6.54 Å². The van der Waals surface area contributed by atoms with Crippen LogP contribution in [0.5, 0.6) is 0 Å². The van der Waals surface area contributed by atoms with Crippen molar-refractivity contribution in [1.29, 1.82) is 0 Å². The topological polar surface area (TPSA) is 77.0 Å². The number of aryl methyl sites for hydroxylation is 1. The van der Waals surface area contributed by atoms with Crippen molar-refractivity contribution in [3.8, 4) is 0 Å². The van der Waals surface area contributed by atoms with E-state index < -0.39 is 6.04 Å². The summed E-state index contributed by atoms with van der Waals surface area (Å²) in [6.45, 7) is 4.54. The molecule has 0 aromatic carbocycles. The van der Waals surface area contributed by atoms with Crippen molar-refractivity contribution in [3.63, 3.8) is 0 Å². The highest BCUT2D eigenvalue weighted by atomic mass is 16.3. The Kier molecular flexibility index (Phi) is 2.78. The van der Waals surface area contributed by atoms with Crippen LogP contribution in [0.25, 0.3) is 0 Å². The fraction of sp³-hybridized carbons (Fsp3) is 0.714. The largest absolute Gasteiger partial charge is 0.394 e. The van der Waals surface area contributed by atoms with Crippen molar-refractivity contribution < 1.29 is 5.11 Å². The molecule has 12 heavy (non-hydrogen) atoms. The Balaban J connectivity index is 2.98. The first-order valence-electron chi connectivity index (χ1n) is 3.96. The molecule has 68 valence electrons. The van der Waals surface area contributed by atoms with E-state index in [9.17, 15) is 0 Å². The molecule has 1 rings (SSSR count). The molecule has 0 amide bonds. The summed E-state index contributed by atoms with van der Waals surface area (Å²) in [4.78, 5) is 0. The van der Waals surface area contributed by atoms with E-state index in [0.717, 1.165) is 12.4 Å². The molecule has 0 saturated carbocycles. The van der Waals surface area contributed by atoms with Crippen molar-refractivity contribution in [2.75, 3.05) is 6.61 Å². The van der Waals surface area contributed by atoms with Gasteiger partial charge < -0.3 is 15.4 Å². The molecule has 1 heterocycles. The van der Waals surface area contributed by atoms with Gasteiger partial charge in [-0.1, -0.05) is 0 Å². The van der Waals surface area contributed by atoms with Gasteiger partial charge in [0.05, 0.1) is 12.6 Å². The summed E-state index contributed by atoms with van der Waals surface area (Å²) >= 11 is 0. The van der Waals surface area contributed by atoms with E-state index in [1.54, 1.807) is 0 Å². The van der Waals surface area contributed by atoms with Gasteiger partial charge in [0.1, 0.15) is 5.82 Å². The third-order valence-electron chi connectivity index (χ3n) is 1.81. The second-order valence-electron chi connectivity index (χ2n) is 2.64. The molecule has 5 nitrogen and oxygen atoms in total. The van der Waals surface area contributed by atoms with Gasteiger partial charge in [-0.2, -0.15) is 0 Å². The quantitative estimate of drug-likeness (QED) is 0.647. The lowest BCUT2D eigenvalue weighted by Gasteiger charge is -2.09. The fourth-order valence-corrected chi connectivity index (χ4v) is 1.14. The number of aromatic nitrogens is 3. The smallest absolute Gasteiger partial charge is 0.152 e. The minimum atomic E-state index is -0.425. The summed E-state index contributed by atoms with van der Waals surface area (Å²) < 4.78 is 1.89. The van der Waals surface area contributed by atoms with E-state index in [4.69, 9.17) is 10.8 Å². The number of aliphatic hydroxyl groups excluding tert-OH is 1. The minimum Gasteiger partial charge on any atom is -0.394 e. The molecule has 0 aliphatic heterocycles. The first-order valence-corrected chi connectivity index (χ1v) is 3.96. The predicted octanol–water partition coefficient (Wildman–Crippen LogP) is -0.401. The third-order valence-corrected chi connectivity index (χ3v) is 1.81. The molecule has 0 saturated heterocycles. The zero-order valence-corrected chi connectivity index (χ0v) is 7.36. The van der Waals surface area contributed by atoms with Crippen molar-refractivity contribution in [3.05, 3.63) is 11.6 Å². The van der Waals surface area contributed by atoms with Gasteiger partial charge in [-0.15, -0.1) is 10.2 Å². The Morgan fingerprint density at radius 2 is 2.25 bits per heavy atom. The summed E-state index contributed by atoms with van der Waals surface area (Å²) in [7, 11) is 0. The number of hydrogen-bond acceptors (Lipinski definition) is 4. The molecule has 0 unspecified atom stereocenters. The van der Waals surface area contributed by atoms with Crippen LogP contribution < -0.4 is 5.73 Å². The highest BCUT2D eigenvalue weighted by Gasteiger charge is 2.13. The number of nitrogens with zero attached hydrogens (tertiary/aromatic N) is 3. The third kappa shape index (κ3) is 1.46. The van der Waals surface area contributed by atoms with Crippen LogP contribution in [0.1, 0.15) is 24.6 Å². The molecule has 1 atom stereocenters. The van der Waals surface area contributed by atoms with Gasteiger partial charge in [-0.25, -0.2) is 0 Å². The SMILES string of the molecule is CCn1c(C)nnc1[C@H](N)CO. The van der Waals surface area contributed by atoms with Gasteiger partial charge in [0, 0.05) is 6.54 Å². The number of hydrogen-bond donors (Lipinski definition) is 2. The van der Waals surface area contributed by atoms with Crippen molar-refractivity contribution >= 4 is 0 Å². The minimum absolute atomic E-state index is 0.0991. The maximum absolute atomic E-state index is 8.81. The lowest BCUT2D eigenvalue weighted by Crippen LogP contribution is -2.20. The fourth-order valence-electron chi connectivity index (χ4n) is 1.14. The average molecular weight is 170 g/mol. The monoisotopic (exact) mass is 170 g/mol. The molecule has 3 N–H and O–H groups in total. The first kappa shape index (κ1) is 9.15. The lowest BCUT2D eigenvalue weighted by atomic mass is 10.3. The summed E-state index contributed by atoms with van der Waals surface area (Å²) in [5.74, 6) is 1.48. The van der Waals surface area contributed by atoms with Crippen LogP contribution in [-0.4, -0.2) is 26.5 Å². The maximum Gasteiger partial charge on any atom is 0.152 e. The zero-order valence-electron chi connectivity index (χ0n) is 7.36. The molecule has 0 bridgehead atoms. The van der Waals surface area contributed by atoms with Crippen LogP contribution in [0, 0.1) is 6.92 Å². The number of rotatable bonds is 3. The van der Waals surface area contributed by atoms with Crippen LogP contribution in [0.4, 0.5) is 0 Å². The summed E-state index contributed by atoms with van der Waals surface area (Å²) in [6.07, 6.45) is 0. The van der Waals surface area contributed by atoms with Gasteiger partial charge in [0.2, 0.25) is 0 Å². The molecule has 1 aromatic heterocycles. The van der Waals surface area contributed by atoms with Crippen LogP contribution >= 0.6 is 0 Å². The van der Waals surface area contributed by atoms with E-state index in [0.29, 0.717) is 5.82 Å². The highest BCUT2D eigenvalue weighted by molar-refractivity contribution is 4.98. The molecular weight excluding hydrogens is 156 g/mol. The number of nitrogens with two attached hydrogens (primary N) is 1. The van der Waals surface area contributed by atoms with E-state index in [-0.39, 0.29) is 6.61 Å². The predicted molar refractivity (Wildman–Crippen MR) is 44.4 cm³/mol. The van der Waals surface area contributed by atoms with Gasteiger partial charge in [0.25, 0.3) is 0 Å². The maximum atomic E-state index is 8.81. The molecule has 0 fully saturated rings. The Morgan fingerprint density at radius 3 is 2.75 bits per heavy atom. The van der Waals surface area contributed by atoms with Gasteiger partial charge in [-0.3, -0.25) is 0 Å². The van der Waals surface area contributed by atoms with Gasteiger partial charge in [0.15, 0.2) is 5.82 Å². The summed E-state index contributed by atoms with van der Waals surface area (Å²) in [5.41, 5.74) is 5.61. The molecule has 0 aliphatic rings. The van der Waals surface area contributed by atoms with Crippen molar-refractivity contribution in [2.45, 2.75) is 26.4 Å².